The number of ketones is 2. The van der Waals surface area contributed by atoms with Gasteiger partial charge in [-0.15, -0.1) is 0 Å². The first-order valence-electron chi connectivity index (χ1n) is 25.7. The molecule has 6 amide bonds. The average molecular weight is 1040 g/mol. The van der Waals surface area contributed by atoms with Gasteiger partial charge in [0.1, 0.15) is 6.10 Å². The molecular formula is C52H81N7O13S. The van der Waals surface area contributed by atoms with E-state index in [1.807, 2.05) is 18.7 Å². The van der Waals surface area contributed by atoms with Crippen LogP contribution in [0.2, 0.25) is 0 Å². The summed E-state index contributed by atoms with van der Waals surface area (Å²) in [6.07, 6.45) is 10.8. The van der Waals surface area contributed by atoms with Gasteiger partial charge in [-0.1, -0.05) is 51.0 Å². The number of ether oxygens (including phenoxy) is 5. The van der Waals surface area contributed by atoms with Crippen LogP contribution >= 0.6 is 11.8 Å². The molecule has 9 atom stereocenters. The number of allylic oxidation sites excluding steroid dienone is 4. The molecule has 1 aliphatic carbocycles. The van der Waals surface area contributed by atoms with E-state index in [1.165, 1.54) is 20.3 Å². The second kappa shape index (κ2) is 32.3. The molecule has 2 saturated heterocycles. The van der Waals surface area contributed by atoms with E-state index in [2.05, 4.69) is 31.9 Å². The minimum absolute atomic E-state index is 0.0111. The van der Waals surface area contributed by atoms with E-state index in [9.17, 15) is 38.7 Å². The number of nitrogens with one attached hydrogen (secondary N) is 6. The zero-order valence-corrected chi connectivity index (χ0v) is 44.4. The van der Waals surface area contributed by atoms with Crippen molar-refractivity contribution in [3.63, 3.8) is 0 Å². The van der Waals surface area contributed by atoms with Crippen molar-refractivity contribution in [2.45, 2.75) is 146 Å². The van der Waals surface area contributed by atoms with Crippen molar-refractivity contribution in [2.75, 3.05) is 66.0 Å². The largest absolute Gasteiger partial charge is 0.439 e. The zero-order valence-electron chi connectivity index (χ0n) is 43.6. The number of aliphatic hydroxyl groups excluding tert-OH is 1. The first kappa shape index (κ1) is 60.5. The summed E-state index contributed by atoms with van der Waals surface area (Å²) >= 11 is 1.89. The summed E-state index contributed by atoms with van der Waals surface area (Å²) in [5.41, 5.74) is 6.37. The van der Waals surface area contributed by atoms with Crippen LogP contribution in [-0.2, 0) is 47.7 Å². The summed E-state index contributed by atoms with van der Waals surface area (Å²) in [6.45, 7) is 9.92. The summed E-state index contributed by atoms with van der Waals surface area (Å²) in [4.78, 5) is 88.9. The SMILES string of the molecule is CO[C@H]1/C=C\C=C(/C)C(=O)NC2=CC(=O)C(NCCCOCCOCCCNC(=O)CCCCCNC(=O)CCCC[C@H]3SC[C@H]4NC(=O)N[C@H]43)=C(C[C@H](C)C[C@@H](OC)[C@@H](O)[C@H](C)/C=C(\C)[C@H]1OC(N)=O)C2=O. The molecule has 408 valence electrons. The number of carbonyl (C=O) groups excluding carboxylic acids is 7. The van der Waals surface area contributed by atoms with Gasteiger partial charge in [0.05, 0.1) is 48.9 Å². The quantitative estimate of drug-likeness (QED) is 0.0266. The summed E-state index contributed by atoms with van der Waals surface area (Å²) in [5.74, 6) is -1.35. The summed E-state index contributed by atoms with van der Waals surface area (Å²) in [5, 5.41) is 29.5. The van der Waals surface area contributed by atoms with Gasteiger partial charge >= 0.3 is 12.1 Å². The van der Waals surface area contributed by atoms with Crippen molar-refractivity contribution in [1.29, 1.82) is 0 Å². The minimum Gasteiger partial charge on any atom is -0.439 e. The number of fused-ring (bicyclic) bond motifs is 3. The number of thioether (sulfide) groups is 1. The van der Waals surface area contributed by atoms with Gasteiger partial charge in [0.15, 0.2) is 6.10 Å². The topological polar surface area (TPSA) is 284 Å². The van der Waals surface area contributed by atoms with E-state index in [1.54, 1.807) is 39.0 Å². The van der Waals surface area contributed by atoms with Crippen molar-refractivity contribution < 1.29 is 62.4 Å². The molecule has 0 aromatic rings. The molecule has 0 saturated carbocycles. The van der Waals surface area contributed by atoms with E-state index in [0.29, 0.717) is 89.0 Å². The highest BCUT2D eigenvalue weighted by molar-refractivity contribution is 8.00. The summed E-state index contributed by atoms with van der Waals surface area (Å²) < 4.78 is 28.2. The predicted octanol–water partition coefficient (Wildman–Crippen LogP) is 3.68. The number of unbranched alkanes of at least 4 members (excludes halogenated alkanes) is 3. The van der Waals surface area contributed by atoms with Gasteiger partial charge in [-0.25, -0.2) is 9.59 Å². The highest BCUT2D eigenvalue weighted by Gasteiger charge is 2.42. The molecule has 2 fully saturated rings. The molecule has 4 aliphatic rings. The van der Waals surface area contributed by atoms with Crippen LogP contribution in [-0.4, -0.2) is 154 Å². The van der Waals surface area contributed by atoms with Crippen molar-refractivity contribution in [3.05, 3.63) is 58.5 Å². The number of hydrogen-bond donors (Lipinski definition) is 8. The molecule has 0 aromatic carbocycles. The molecule has 0 radical (unpaired) electrons. The molecule has 4 rings (SSSR count). The Hall–Kier alpha value is -5.06. The lowest BCUT2D eigenvalue weighted by Crippen LogP contribution is -2.38. The molecule has 3 aliphatic heterocycles. The Balaban J connectivity index is 1.12. The predicted molar refractivity (Wildman–Crippen MR) is 277 cm³/mol. The first-order chi connectivity index (χ1) is 35.0. The highest BCUT2D eigenvalue weighted by atomic mass is 32.2. The van der Waals surface area contributed by atoms with Crippen LogP contribution in [0.3, 0.4) is 0 Å². The summed E-state index contributed by atoms with van der Waals surface area (Å²) in [7, 11) is 2.91. The van der Waals surface area contributed by atoms with Gasteiger partial charge in [-0.3, -0.25) is 24.0 Å². The molecule has 21 heteroatoms. The zero-order chi connectivity index (χ0) is 53.3. The third-order valence-corrected chi connectivity index (χ3v) is 14.7. The lowest BCUT2D eigenvalue weighted by molar-refractivity contribution is -0.122. The van der Waals surface area contributed by atoms with Gasteiger partial charge in [0, 0.05) is 94.1 Å². The van der Waals surface area contributed by atoms with Crippen molar-refractivity contribution >= 4 is 53.2 Å². The number of hydrogen-bond acceptors (Lipinski definition) is 15. The Morgan fingerprint density at radius 3 is 2.19 bits per heavy atom. The second-order valence-corrected chi connectivity index (χ2v) is 20.4. The normalized spacial score (nSPS) is 27.8. The number of aliphatic hydroxyl groups is 1. The van der Waals surface area contributed by atoms with Gasteiger partial charge in [0.25, 0.3) is 5.91 Å². The van der Waals surface area contributed by atoms with E-state index in [-0.39, 0.29) is 64.8 Å². The van der Waals surface area contributed by atoms with Crippen LogP contribution in [0, 0.1) is 11.8 Å². The van der Waals surface area contributed by atoms with Crippen LogP contribution < -0.4 is 37.6 Å². The third-order valence-electron chi connectivity index (χ3n) is 13.2. The molecule has 0 aromatic heterocycles. The molecule has 0 unspecified atom stereocenters. The number of nitrogens with two attached hydrogens (primary N) is 1. The van der Waals surface area contributed by atoms with Crippen LogP contribution in [0.25, 0.3) is 0 Å². The Kier molecular flexibility index (Phi) is 26.8. The lowest BCUT2D eigenvalue weighted by atomic mass is 9.85. The molecular weight excluding hydrogens is 963 g/mol. The number of primary amides is 1. The number of Topliss-reactive ketones (excluding diaryl/α,β-unsaturated/α-hetero) is 1. The maximum absolute atomic E-state index is 14.0. The molecule has 73 heavy (non-hydrogen) atoms. The van der Waals surface area contributed by atoms with Gasteiger partial charge < -0.3 is 66.4 Å². The second-order valence-electron chi connectivity index (χ2n) is 19.2. The maximum Gasteiger partial charge on any atom is 0.405 e. The maximum atomic E-state index is 14.0. The van der Waals surface area contributed by atoms with Gasteiger partial charge in [-0.2, -0.15) is 11.8 Å². The first-order valence-corrected chi connectivity index (χ1v) is 26.8. The Morgan fingerprint density at radius 2 is 1.52 bits per heavy atom. The number of urea groups is 1. The fourth-order valence-corrected chi connectivity index (χ4v) is 10.7. The number of carbonyl (C=O) groups is 7. The van der Waals surface area contributed by atoms with Crippen LogP contribution in [0.1, 0.15) is 105 Å². The Labute approximate surface area is 434 Å². The standard InChI is InChI=1S/C52H81N7O13S/c1-32-27-36-45(39(60)30-37(48(36)64)57-50(65)33(2)15-12-16-40(68-5)49(72-51(53)66)35(4)29-34(3)47(63)41(28-32)69-6)56-22-14-24-71-26-25-70-23-13-21-55-43(61)18-8-7-11-20-54-44(62)19-10-9-17-42-46-38(31-73-42)58-52(67)59-46/h12,15-16,29-30,32,34,38,40-42,46-47,49,56,63H,7-11,13-14,17-28,31H2,1-6H3,(H2,53,66)(H,54,62)(H,55,61)(H,57,65)(H2,58,59,67)/b16-12-,33-15+,35-29+/t32-,34+,38+,40-,41+,42+,46+,47-,49+/m0/s1. The Morgan fingerprint density at radius 1 is 0.849 bits per heavy atom. The van der Waals surface area contributed by atoms with E-state index >= 15 is 0 Å². The summed E-state index contributed by atoms with van der Waals surface area (Å²) in [6, 6.07) is 0.335. The molecule has 3 heterocycles. The number of amides is 6. The smallest absolute Gasteiger partial charge is 0.405 e. The Bertz CT molecular complexity index is 2040. The van der Waals surface area contributed by atoms with Crippen LogP contribution in [0.4, 0.5) is 9.59 Å². The fraction of sp³-hybridized carbons (Fsp3) is 0.673. The fourth-order valence-electron chi connectivity index (χ4n) is 9.16. The molecule has 20 nitrogen and oxygen atoms in total. The monoisotopic (exact) mass is 1040 g/mol. The van der Waals surface area contributed by atoms with E-state index in [4.69, 9.17) is 29.4 Å². The number of methoxy groups -OCH3 is 2. The van der Waals surface area contributed by atoms with E-state index in [0.717, 1.165) is 50.4 Å². The molecule has 2 bridgehead atoms. The van der Waals surface area contributed by atoms with Gasteiger partial charge in [0.2, 0.25) is 23.4 Å². The van der Waals surface area contributed by atoms with Crippen molar-refractivity contribution in [3.8, 4) is 0 Å². The van der Waals surface area contributed by atoms with Crippen LogP contribution in [0.15, 0.2) is 58.5 Å². The van der Waals surface area contributed by atoms with E-state index < -0.39 is 53.9 Å². The lowest BCUT2D eigenvalue weighted by Gasteiger charge is -2.30. The number of rotatable bonds is 26. The van der Waals surface area contributed by atoms with Crippen LogP contribution in [0.5, 0.6) is 0 Å². The molecule has 9 N–H and O–H groups in total. The molecule has 0 spiro atoms. The van der Waals surface area contributed by atoms with Gasteiger partial charge in [-0.05, 0) is 76.7 Å². The third kappa shape index (κ3) is 20.6. The average Bonchev–Trinajstić information content (AvgIpc) is 3.91. The van der Waals surface area contributed by atoms with Crippen molar-refractivity contribution in [1.82, 2.24) is 31.9 Å². The van der Waals surface area contributed by atoms with Crippen molar-refractivity contribution in [2.24, 2.45) is 17.6 Å². The highest BCUT2D eigenvalue weighted by Crippen LogP contribution is 2.33. The minimum atomic E-state index is -1.02.